The van der Waals surface area contributed by atoms with Crippen LogP contribution in [-0.4, -0.2) is 147 Å². The zero-order valence-corrected chi connectivity index (χ0v) is 76.6. The number of hydrogen-bond acceptors (Lipinski definition) is 22. The Morgan fingerprint density at radius 1 is 0.479 bits per heavy atom. The molecule has 0 spiro atoms. The van der Waals surface area contributed by atoms with Gasteiger partial charge in [0.2, 0.25) is 0 Å². The van der Waals surface area contributed by atoms with Gasteiger partial charge in [-0.05, 0) is 162 Å². The first-order valence-electron chi connectivity index (χ1n) is 42.1. The normalized spacial score (nSPS) is 16.4. The Kier molecular flexibility index (Phi) is 30.9. The molecule has 0 aromatic carbocycles. The van der Waals surface area contributed by atoms with Crippen LogP contribution in [0.5, 0.6) is 0 Å². The van der Waals surface area contributed by atoms with Gasteiger partial charge in [-0.25, -0.2) is 39.9 Å². The molecule has 0 bridgehead atoms. The Hall–Kier alpha value is -9.56. The molecule has 121 heavy (non-hydrogen) atoms. The Balaban J connectivity index is 0.000000151. The third-order valence-corrected chi connectivity index (χ3v) is 27.1. The van der Waals surface area contributed by atoms with E-state index in [4.69, 9.17) is 51.5 Å². The van der Waals surface area contributed by atoms with Crippen LogP contribution in [0.4, 0.5) is 0 Å². The Morgan fingerprint density at radius 3 is 1.13 bits per heavy atom. The van der Waals surface area contributed by atoms with Crippen molar-refractivity contribution in [3.8, 4) is 40.7 Å². The third kappa shape index (κ3) is 24.0. The average molecular weight is 1720 g/mol. The first-order valence-corrected chi connectivity index (χ1v) is 50.3. The molecule has 11 aromatic heterocycles. The van der Waals surface area contributed by atoms with Crippen LogP contribution in [0, 0.1) is 62.6 Å². The minimum Gasteiger partial charge on any atom is -0.443 e. The number of fused-ring (bicyclic) bond motifs is 4. The van der Waals surface area contributed by atoms with E-state index >= 15 is 0 Å². The standard InChI is InChI=1S/C23H28N6O2.C23H32N6OSi.C17H26BN3O2.C12H14ClN3O2.C12H18ClN3OSi/c1-23(2,3)22(30)31-15-28-11-9-18-20(25-14-26-21(18)28)17-12-27-29(13-17)19(8-10-24)16-6-4-5-7-16;1-31(2,3)13-12-30-17-28-11-9-20-22(25-16-26-23(20)28)19-14-27-29(15-19)21(8-10-24)18-6-4-5-7-18;1-16(2)17(3,4)23-18(22-16)14-11-20-21(12-14)15(9-10-19)13-7-5-6-8-13;1-12(2,3)11(17)18-7-16-5-4-8-9(13)14-6-15-10(8)16;1-18(2,3)7-6-17-9-16-5-4-10-11(13)14-8-15-12(10)16/h9,11-14,16,19H,4-8,15H2,1-3H3;9,11,14-16,18,21H,4-8,12-13,17H2,1-3H3;11-13,15H,5-9H2,1-4H3;4-6H,7H2,1-3H3;4-5,8H,6-7,9H2,1-3H3. The van der Waals surface area contributed by atoms with Crippen molar-refractivity contribution in [2.75, 3.05) is 13.2 Å². The van der Waals surface area contributed by atoms with Gasteiger partial charge in [0, 0.05) is 106 Å². The maximum Gasteiger partial charge on any atom is 0.498 e. The van der Waals surface area contributed by atoms with Crippen LogP contribution in [0.1, 0.15) is 184 Å². The topological polar surface area (TPSA) is 337 Å². The smallest absolute Gasteiger partial charge is 0.443 e. The number of ether oxygens (including phenoxy) is 4. The second kappa shape index (κ2) is 40.6. The Morgan fingerprint density at radius 2 is 0.793 bits per heavy atom. The largest absolute Gasteiger partial charge is 0.498 e. The summed E-state index contributed by atoms with van der Waals surface area (Å²) in [5, 5.41) is 45.9. The first kappa shape index (κ1) is 92.2. The van der Waals surface area contributed by atoms with Gasteiger partial charge in [-0.2, -0.15) is 31.1 Å². The average Bonchev–Trinajstić information content (AvgIpc) is 1.63. The summed E-state index contributed by atoms with van der Waals surface area (Å²) in [6, 6.07) is 17.4. The molecule has 3 saturated carbocycles. The van der Waals surface area contributed by atoms with Gasteiger partial charge < -0.3 is 37.4 Å². The Labute approximate surface area is 722 Å². The highest BCUT2D eigenvalue weighted by atomic mass is 35.5. The zero-order valence-electron chi connectivity index (χ0n) is 73.1. The fourth-order valence-corrected chi connectivity index (χ4v) is 17.2. The maximum absolute atomic E-state index is 12.1. The van der Waals surface area contributed by atoms with Gasteiger partial charge in [-0.1, -0.05) is 101 Å². The minimum absolute atomic E-state index is 0.0972. The molecule has 0 N–H and O–H groups in total. The van der Waals surface area contributed by atoms with Gasteiger partial charge in [0.1, 0.15) is 71.7 Å². The molecule has 3 aliphatic carbocycles. The third-order valence-electron chi connectivity index (χ3n) is 23.1. The summed E-state index contributed by atoms with van der Waals surface area (Å²) < 4.78 is 47.8. The molecule has 1 aliphatic heterocycles. The van der Waals surface area contributed by atoms with Crippen molar-refractivity contribution in [3.63, 3.8) is 0 Å². The number of hydrogen-bond donors (Lipinski definition) is 0. The van der Waals surface area contributed by atoms with Crippen LogP contribution in [0.2, 0.25) is 61.7 Å². The van der Waals surface area contributed by atoms with Gasteiger partial charge in [0.05, 0.1) is 112 Å². The maximum atomic E-state index is 12.1. The number of carbonyl (C=O) groups is 2. The van der Waals surface area contributed by atoms with Crippen molar-refractivity contribution >= 4 is 108 Å². The molecular weight excluding hydrogens is 1600 g/mol. The Bertz CT molecular complexity index is 5380. The highest BCUT2D eigenvalue weighted by Crippen LogP contribution is 2.41. The lowest BCUT2D eigenvalue weighted by Gasteiger charge is -2.32. The summed E-state index contributed by atoms with van der Waals surface area (Å²) in [5.74, 6) is 1.06. The summed E-state index contributed by atoms with van der Waals surface area (Å²) in [4.78, 5) is 57.9. The second-order valence-corrected chi connectivity index (χ2v) is 49.3. The first-order chi connectivity index (χ1) is 57.5. The highest BCUT2D eigenvalue weighted by Gasteiger charge is 2.52. The molecule has 12 heterocycles. The number of nitrogens with zero attached hydrogens (tertiary/aromatic N) is 21. The van der Waals surface area contributed by atoms with E-state index in [0.717, 1.165) is 92.9 Å². The van der Waals surface area contributed by atoms with Crippen molar-refractivity contribution in [3.05, 3.63) is 122 Å². The summed E-state index contributed by atoms with van der Waals surface area (Å²) in [7, 11) is -2.51. The van der Waals surface area contributed by atoms with Gasteiger partial charge in [-0.15, -0.1) is 0 Å². The summed E-state index contributed by atoms with van der Waals surface area (Å²) in [5.41, 5.74) is 5.70. The molecule has 34 heteroatoms. The number of halogens is 2. The van der Waals surface area contributed by atoms with Crippen molar-refractivity contribution in [2.45, 2.75) is 273 Å². The number of carbonyl (C=O) groups excluding carboxylic acids is 2. The van der Waals surface area contributed by atoms with Crippen LogP contribution >= 0.6 is 23.2 Å². The van der Waals surface area contributed by atoms with E-state index in [2.05, 4.69) is 140 Å². The van der Waals surface area contributed by atoms with Gasteiger partial charge in [-0.3, -0.25) is 32.8 Å². The molecule has 0 amide bonds. The summed E-state index contributed by atoms with van der Waals surface area (Å²) in [6.07, 6.45) is 41.0. The molecule has 15 rings (SSSR count). The molecule has 3 atom stereocenters. The fourth-order valence-electron chi connectivity index (χ4n) is 15.3. The van der Waals surface area contributed by atoms with E-state index in [1.807, 2.05) is 132 Å². The number of rotatable bonds is 26. The predicted octanol–water partition coefficient (Wildman–Crippen LogP) is 18.6. The summed E-state index contributed by atoms with van der Waals surface area (Å²) in [6.45, 7) is 36.0. The van der Waals surface area contributed by atoms with E-state index in [1.165, 1.54) is 89.2 Å². The van der Waals surface area contributed by atoms with Crippen molar-refractivity contribution < 1.29 is 37.8 Å². The molecule has 0 radical (unpaired) electrons. The van der Waals surface area contributed by atoms with Crippen LogP contribution in [-0.2, 0) is 64.8 Å². The molecule has 644 valence electrons. The molecule has 3 unspecified atom stereocenters. The number of nitriles is 3. The molecular formula is C87H118BCl2N21O8Si2. The van der Waals surface area contributed by atoms with E-state index < -0.39 is 27.0 Å². The lowest BCUT2D eigenvalue weighted by molar-refractivity contribution is -0.157. The van der Waals surface area contributed by atoms with Crippen LogP contribution in [0.3, 0.4) is 0 Å². The molecule has 1 saturated heterocycles. The number of esters is 2. The van der Waals surface area contributed by atoms with Crippen LogP contribution < -0.4 is 5.46 Å². The monoisotopic (exact) mass is 1720 g/mol. The quantitative estimate of drug-likeness (QED) is 0.0210. The summed E-state index contributed by atoms with van der Waals surface area (Å²) >= 11 is 11.9. The molecule has 29 nitrogen and oxygen atoms in total. The van der Waals surface area contributed by atoms with Crippen LogP contribution in [0.25, 0.3) is 66.6 Å². The van der Waals surface area contributed by atoms with Gasteiger partial charge in [0.15, 0.2) is 13.5 Å². The minimum atomic E-state index is -1.10. The zero-order chi connectivity index (χ0) is 87.0. The molecule has 11 aromatic rings. The van der Waals surface area contributed by atoms with Crippen molar-refractivity contribution in [1.29, 1.82) is 15.8 Å². The van der Waals surface area contributed by atoms with E-state index in [0.29, 0.717) is 72.1 Å². The van der Waals surface area contributed by atoms with Crippen molar-refractivity contribution in [1.82, 2.24) is 87.5 Å². The lowest BCUT2D eigenvalue weighted by Crippen LogP contribution is -2.41. The SMILES string of the molecule is CC(C)(C)C(=O)OCn1ccc2c(-c3cnn(C(CC#N)C4CCCC4)c3)ncnc21.CC(C)(C)C(=O)OCn1ccc2c(Cl)ncnc21.CC1(C)OB(c2cnn(C(CC#N)C3CCCC3)c2)OC1(C)C.C[Si](C)(C)CCOCn1ccc2c(-c3cnn(C(CC#N)C4CCCC4)c3)ncnc21.C[Si](C)(C)CCOCn1ccc2c(Cl)ncnc21. The van der Waals surface area contributed by atoms with E-state index in [9.17, 15) is 25.4 Å². The lowest BCUT2D eigenvalue weighted by atomic mass is 9.82. The van der Waals surface area contributed by atoms with Gasteiger partial charge in [0.25, 0.3) is 0 Å². The fraction of sp³-hybridized carbons (Fsp3) is 0.563. The highest BCUT2D eigenvalue weighted by molar-refractivity contribution is 6.76. The number of aromatic nitrogens is 18. The van der Waals surface area contributed by atoms with E-state index in [-0.39, 0.29) is 61.8 Å². The van der Waals surface area contributed by atoms with Crippen LogP contribution in [0.15, 0.2) is 112 Å². The molecule has 4 aliphatic rings. The second-order valence-electron chi connectivity index (χ2n) is 37.4. The van der Waals surface area contributed by atoms with Crippen molar-refractivity contribution in [2.24, 2.45) is 28.6 Å². The van der Waals surface area contributed by atoms with Gasteiger partial charge >= 0.3 is 19.1 Å². The van der Waals surface area contributed by atoms with E-state index in [1.54, 1.807) is 33.9 Å². The molecule has 4 fully saturated rings. The predicted molar refractivity (Wildman–Crippen MR) is 473 cm³/mol.